The van der Waals surface area contributed by atoms with Crippen LogP contribution in [0, 0.1) is 12.7 Å². The van der Waals surface area contributed by atoms with E-state index in [4.69, 9.17) is 4.74 Å². The van der Waals surface area contributed by atoms with Gasteiger partial charge in [0.25, 0.3) is 0 Å². The third-order valence-electron chi connectivity index (χ3n) is 2.72. The minimum absolute atomic E-state index is 0.365. The highest BCUT2D eigenvalue weighted by Gasteiger charge is 2.23. The van der Waals surface area contributed by atoms with Crippen LogP contribution in [-0.4, -0.2) is 27.0 Å². The van der Waals surface area contributed by atoms with Crippen molar-refractivity contribution >= 4 is 0 Å². The molecule has 0 bridgehead atoms. The van der Waals surface area contributed by atoms with Crippen LogP contribution in [0.1, 0.15) is 22.9 Å². The zero-order valence-corrected chi connectivity index (χ0v) is 10.4. The van der Waals surface area contributed by atoms with Crippen LogP contribution in [0.3, 0.4) is 0 Å². The van der Waals surface area contributed by atoms with Gasteiger partial charge in [0.1, 0.15) is 11.9 Å². The molecular formula is C12H14FN3O2. The molecule has 2 rings (SSSR count). The van der Waals surface area contributed by atoms with E-state index in [9.17, 15) is 9.50 Å². The SMILES string of the molecule is COc1c(C(O)c2cncc(F)c2)c(C)nn1C. The number of hydrogen-bond acceptors (Lipinski definition) is 4. The van der Waals surface area contributed by atoms with Crippen LogP contribution in [0.2, 0.25) is 0 Å². The number of methoxy groups -OCH3 is 1. The third-order valence-corrected chi connectivity index (χ3v) is 2.72. The molecule has 2 aromatic rings. The fraction of sp³-hybridized carbons (Fsp3) is 0.333. The summed E-state index contributed by atoms with van der Waals surface area (Å²) in [5.74, 6) is -0.0451. The average molecular weight is 251 g/mol. The Morgan fingerprint density at radius 1 is 1.44 bits per heavy atom. The number of rotatable bonds is 3. The number of aliphatic hydroxyl groups is 1. The van der Waals surface area contributed by atoms with Gasteiger partial charge in [0.2, 0.25) is 5.88 Å². The molecule has 5 nitrogen and oxygen atoms in total. The van der Waals surface area contributed by atoms with E-state index in [-0.39, 0.29) is 0 Å². The molecule has 2 aromatic heterocycles. The predicted molar refractivity (Wildman–Crippen MR) is 62.8 cm³/mol. The average Bonchev–Trinajstić information content (AvgIpc) is 2.62. The summed E-state index contributed by atoms with van der Waals surface area (Å²) in [5, 5.41) is 14.5. The molecule has 2 heterocycles. The van der Waals surface area contributed by atoms with E-state index >= 15 is 0 Å². The smallest absolute Gasteiger partial charge is 0.217 e. The second-order valence-corrected chi connectivity index (χ2v) is 3.97. The van der Waals surface area contributed by atoms with Crippen LogP contribution in [0.4, 0.5) is 4.39 Å². The summed E-state index contributed by atoms with van der Waals surface area (Å²) in [4.78, 5) is 3.72. The van der Waals surface area contributed by atoms with Crippen molar-refractivity contribution in [1.82, 2.24) is 14.8 Å². The Balaban J connectivity index is 2.48. The van der Waals surface area contributed by atoms with Crippen LogP contribution in [-0.2, 0) is 7.05 Å². The van der Waals surface area contributed by atoms with Crippen LogP contribution in [0.25, 0.3) is 0 Å². The maximum absolute atomic E-state index is 13.1. The molecule has 1 N–H and O–H groups in total. The number of aliphatic hydroxyl groups excluding tert-OH is 1. The van der Waals surface area contributed by atoms with Crippen molar-refractivity contribution in [2.24, 2.45) is 7.05 Å². The van der Waals surface area contributed by atoms with E-state index in [1.54, 1.807) is 14.0 Å². The molecule has 0 aromatic carbocycles. The minimum atomic E-state index is -1.02. The number of hydrogen-bond donors (Lipinski definition) is 1. The largest absolute Gasteiger partial charge is 0.481 e. The number of pyridine rings is 1. The van der Waals surface area contributed by atoms with Crippen molar-refractivity contribution in [3.8, 4) is 5.88 Å². The minimum Gasteiger partial charge on any atom is -0.481 e. The molecule has 18 heavy (non-hydrogen) atoms. The lowest BCUT2D eigenvalue weighted by Gasteiger charge is -2.12. The fourth-order valence-electron chi connectivity index (χ4n) is 1.95. The van der Waals surface area contributed by atoms with Crippen molar-refractivity contribution in [3.05, 3.63) is 41.1 Å². The molecule has 6 heteroatoms. The molecular weight excluding hydrogens is 237 g/mol. The van der Waals surface area contributed by atoms with Gasteiger partial charge in [-0.25, -0.2) is 9.07 Å². The maximum Gasteiger partial charge on any atom is 0.217 e. The summed E-state index contributed by atoms with van der Waals surface area (Å²) in [6, 6.07) is 1.24. The van der Waals surface area contributed by atoms with E-state index in [1.165, 1.54) is 24.1 Å². The molecule has 96 valence electrons. The Labute approximate surface area is 104 Å². The molecule has 0 aliphatic carbocycles. The van der Waals surface area contributed by atoms with Gasteiger partial charge in [0.05, 0.1) is 24.6 Å². The highest BCUT2D eigenvalue weighted by molar-refractivity contribution is 5.38. The molecule has 0 aliphatic rings. The van der Waals surface area contributed by atoms with Crippen LogP contribution in [0.15, 0.2) is 18.5 Å². The van der Waals surface area contributed by atoms with Gasteiger partial charge in [0.15, 0.2) is 0 Å². The Morgan fingerprint density at radius 2 is 2.17 bits per heavy atom. The molecule has 1 atom stereocenters. The fourth-order valence-corrected chi connectivity index (χ4v) is 1.95. The number of nitrogens with zero attached hydrogens (tertiary/aromatic N) is 3. The van der Waals surface area contributed by atoms with E-state index in [2.05, 4.69) is 10.1 Å². The lowest BCUT2D eigenvalue weighted by molar-refractivity contribution is 0.212. The van der Waals surface area contributed by atoms with Crippen molar-refractivity contribution in [1.29, 1.82) is 0 Å². The van der Waals surface area contributed by atoms with E-state index < -0.39 is 11.9 Å². The van der Waals surface area contributed by atoms with Crippen molar-refractivity contribution in [2.45, 2.75) is 13.0 Å². The van der Waals surface area contributed by atoms with Gasteiger partial charge in [-0.15, -0.1) is 0 Å². The molecule has 1 unspecified atom stereocenters. The van der Waals surface area contributed by atoms with Gasteiger partial charge >= 0.3 is 0 Å². The topological polar surface area (TPSA) is 60.2 Å². The first-order valence-corrected chi connectivity index (χ1v) is 5.40. The van der Waals surface area contributed by atoms with Gasteiger partial charge < -0.3 is 9.84 Å². The Kier molecular flexibility index (Phi) is 3.29. The van der Waals surface area contributed by atoms with E-state index in [0.717, 1.165) is 6.20 Å². The summed E-state index contributed by atoms with van der Waals surface area (Å²) in [6.45, 7) is 1.76. The summed E-state index contributed by atoms with van der Waals surface area (Å²) in [7, 11) is 3.21. The summed E-state index contributed by atoms with van der Waals surface area (Å²) >= 11 is 0. The van der Waals surface area contributed by atoms with Gasteiger partial charge in [-0.2, -0.15) is 5.10 Å². The Bertz CT molecular complexity index is 568. The summed E-state index contributed by atoms with van der Waals surface area (Å²) < 4.78 is 19.8. The van der Waals surface area contributed by atoms with Crippen molar-refractivity contribution in [2.75, 3.05) is 7.11 Å². The van der Waals surface area contributed by atoms with Gasteiger partial charge in [-0.1, -0.05) is 0 Å². The van der Waals surface area contributed by atoms with Gasteiger partial charge in [0, 0.05) is 18.8 Å². The zero-order chi connectivity index (χ0) is 13.3. The lowest BCUT2D eigenvalue weighted by atomic mass is 10.0. The number of aromatic nitrogens is 3. The first-order valence-electron chi connectivity index (χ1n) is 5.40. The van der Waals surface area contributed by atoms with Gasteiger partial charge in [-0.3, -0.25) is 4.98 Å². The number of aryl methyl sites for hydroxylation is 2. The molecule has 0 saturated heterocycles. The number of ether oxygens (including phenoxy) is 1. The first kappa shape index (κ1) is 12.5. The third kappa shape index (κ3) is 2.06. The Hall–Kier alpha value is -1.95. The molecule has 0 spiro atoms. The van der Waals surface area contributed by atoms with Crippen LogP contribution < -0.4 is 4.74 Å². The Morgan fingerprint density at radius 3 is 2.78 bits per heavy atom. The second kappa shape index (κ2) is 4.73. The predicted octanol–water partition coefficient (Wildman–Crippen LogP) is 1.35. The normalized spacial score (nSPS) is 12.5. The number of halogens is 1. The standard InChI is InChI=1S/C12H14FN3O2/c1-7-10(12(18-3)16(2)15-7)11(17)8-4-9(13)6-14-5-8/h4-6,11,17H,1-3H3. The van der Waals surface area contributed by atoms with E-state index in [1.807, 2.05) is 0 Å². The quantitative estimate of drug-likeness (QED) is 0.894. The maximum atomic E-state index is 13.1. The van der Waals surface area contributed by atoms with Gasteiger partial charge in [-0.05, 0) is 13.0 Å². The highest BCUT2D eigenvalue weighted by atomic mass is 19.1. The van der Waals surface area contributed by atoms with E-state index in [0.29, 0.717) is 22.7 Å². The lowest BCUT2D eigenvalue weighted by Crippen LogP contribution is -2.04. The second-order valence-electron chi connectivity index (χ2n) is 3.97. The summed E-state index contributed by atoms with van der Waals surface area (Å²) in [5.41, 5.74) is 1.52. The molecule has 0 saturated carbocycles. The highest BCUT2D eigenvalue weighted by Crippen LogP contribution is 2.32. The van der Waals surface area contributed by atoms with Crippen molar-refractivity contribution in [3.63, 3.8) is 0 Å². The van der Waals surface area contributed by atoms with Crippen LogP contribution in [0.5, 0.6) is 5.88 Å². The monoisotopic (exact) mass is 251 g/mol. The molecule has 0 fully saturated rings. The molecule has 0 radical (unpaired) electrons. The molecule has 0 amide bonds. The molecule has 0 aliphatic heterocycles. The summed E-state index contributed by atoms with van der Waals surface area (Å²) in [6.07, 6.45) is 1.49. The van der Waals surface area contributed by atoms with Crippen LogP contribution >= 0.6 is 0 Å². The van der Waals surface area contributed by atoms with Crippen molar-refractivity contribution < 1.29 is 14.2 Å². The zero-order valence-electron chi connectivity index (χ0n) is 10.4. The first-order chi connectivity index (χ1) is 8.54.